The molecule has 2 N–H and O–H groups in total. The first-order valence-corrected chi connectivity index (χ1v) is 6.00. The van der Waals surface area contributed by atoms with Crippen LogP contribution in [0.3, 0.4) is 0 Å². The van der Waals surface area contributed by atoms with Crippen LogP contribution in [0.15, 0.2) is 12.1 Å². The Morgan fingerprint density at radius 3 is 2.43 bits per heavy atom. The number of thiophene rings is 1. The maximum atomic E-state index is 5.58. The Labute approximate surface area is 90.7 Å². The van der Waals surface area contributed by atoms with E-state index in [9.17, 15) is 0 Å². The molecule has 0 aliphatic rings. The van der Waals surface area contributed by atoms with E-state index in [-0.39, 0.29) is 0 Å². The highest BCUT2D eigenvalue weighted by Crippen LogP contribution is 2.18. The molecule has 0 aromatic carbocycles. The highest BCUT2D eigenvalue weighted by Gasteiger charge is 2.08. The van der Waals surface area contributed by atoms with Gasteiger partial charge in [0.15, 0.2) is 0 Å². The van der Waals surface area contributed by atoms with Crippen molar-refractivity contribution in [3.63, 3.8) is 0 Å². The van der Waals surface area contributed by atoms with Crippen LogP contribution in [0, 0.1) is 0 Å². The number of nitrogens with two attached hydrogens (primary N) is 1. The minimum Gasteiger partial charge on any atom is -0.326 e. The molecule has 0 fully saturated rings. The maximum absolute atomic E-state index is 5.58. The van der Waals surface area contributed by atoms with Crippen molar-refractivity contribution in [2.24, 2.45) is 5.73 Å². The second kappa shape index (κ2) is 5.49. The van der Waals surface area contributed by atoms with E-state index in [2.05, 4.69) is 37.8 Å². The summed E-state index contributed by atoms with van der Waals surface area (Å²) in [4.78, 5) is 5.15. The van der Waals surface area contributed by atoms with E-state index >= 15 is 0 Å². The first kappa shape index (κ1) is 11.7. The normalized spacial score (nSPS) is 11.6. The predicted octanol–water partition coefficient (Wildman–Crippen LogP) is 2.44. The molecule has 0 saturated carbocycles. The van der Waals surface area contributed by atoms with E-state index in [4.69, 9.17) is 5.73 Å². The fourth-order valence-corrected chi connectivity index (χ4v) is 2.40. The van der Waals surface area contributed by atoms with Gasteiger partial charge in [0.05, 0.1) is 0 Å². The van der Waals surface area contributed by atoms with Crippen molar-refractivity contribution < 1.29 is 0 Å². The minimum absolute atomic E-state index is 0.614. The summed E-state index contributed by atoms with van der Waals surface area (Å²) in [6, 6.07) is 4.94. The van der Waals surface area contributed by atoms with Gasteiger partial charge >= 0.3 is 0 Å². The van der Waals surface area contributed by atoms with Crippen LogP contribution in [0.5, 0.6) is 0 Å². The number of hydrogen-bond acceptors (Lipinski definition) is 3. The summed E-state index contributed by atoms with van der Waals surface area (Å²) in [5.74, 6) is 0. The molecule has 0 amide bonds. The molecule has 0 aliphatic carbocycles. The zero-order valence-electron chi connectivity index (χ0n) is 9.29. The van der Waals surface area contributed by atoms with Crippen molar-refractivity contribution in [2.75, 3.05) is 6.54 Å². The van der Waals surface area contributed by atoms with Crippen LogP contribution in [-0.2, 0) is 13.1 Å². The van der Waals surface area contributed by atoms with Gasteiger partial charge in [-0.25, -0.2) is 0 Å². The molecular formula is C11H20N2S. The summed E-state index contributed by atoms with van der Waals surface area (Å²) in [6.07, 6.45) is 0. The molecule has 0 spiro atoms. The van der Waals surface area contributed by atoms with Crippen LogP contribution in [0.2, 0.25) is 0 Å². The molecular weight excluding hydrogens is 192 g/mol. The zero-order chi connectivity index (χ0) is 10.6. The average Bonchev–Trinajstić information content (AvgIpc) is 2.61. The lowest BCUT2D eigenvalue weighted by atomic mass is 10.3. The van der Waals surface area contributed by atoms with Crippen LogP contribution in [0.1, 0.15) is 30.5 Å². The van der Waals surface area contributed by atoms with Crippen molar-refractivity contribution in [3.8, 4) is 0 Å². The van der Waals surface area contributed by atoms with E-state index in [1.165, 1.54) is 9.75 Å². The quantitative estimate of drug-likeness (QED) is 0.812. The van der Waals surface area contributed by atoms with Gasteiger partial charge < -0.3 is 5.73 Å². The molecule has 0 bridgehead atoms. The van der Waals surface area contributed by atoms with Gasteiger partial charge in [0.1, 0.15) is 0 Å². The lowest BCUT2D eigenvalue weighted by Crippen LogP contribution is -2.29. The zero-order valence-corrected chi connectivity index (χ0v) is 10.1. The minimum atomic E-state index is 0.614. The van der Waals surface area contributed by atoms with Crippen LogP contribution in [0.25, 0.3) is 0 Å². The van der Waals surface area contributed by atoms with Crippen molar-refractivity contribution in [3.05, 3.63) is 21.9 Å². The Kier molecular flexibility index (Phi) is 4.58. The van der Waals surface area contributed by atoms with E-state index in [1.54, 1.807) is 0 Å². The predicted molar refractivity (Wildman–Crippen MR) is 63.4 cm³/mol. The Morgan fingerprint density at radius 2 is 2.00 bits per heavy atom. The van der Waals surface area contributed by atoms with Gasteiger partial charge in [-0.05, 0) is 32.5 Å². The smallest absolute Gasteiger partial charge is 0.0330 e. The molecule has 1 rings (SSSR count). The summed E-state index contributed by atoms with van der Waals surface area (Å²) in [5.41, 5.74) is 5.58. The first-order chi connectivity index (χ1) is 6.67. The average molecular weight is 212 g/mol. The molecule has 0 radical (unpaired) electrons. The number of hydrogen-bond donors (Lipinski definition) is 1. The first-order valence-electron chi connectivity index (χ1n) is 5.19. The van der Waals surface area contributed by atoms with Crippen molar-refractivity contribution in [1.29, 1.82) is 0 Å². The van der Waals surface area contributed by atoms with Gasteiger partial charge in [0.25, 0.3) is 0 Å². The van der Waals surface area contributed by atoms with Crippen LogP contribution in [-0.4, -0.2) is 17.5 Å². The van der Waals surface area contributed by atoms with Gasteiger partial charge in [0.2, 0.25) is 0 Å². The molecule has 3 heteroatoms. The molecule has 2 nitrogen and oxygen atoms in total. The summed E-state index contributed by atoms with van der Waals surface area (Å²) in [7, 11) is 0. The van der Waals surface area contributed by atoms with E-state index < -0.39 is 0 Å². The largest absolute Gasteiger partial charge is 0.326 e. The third kappa shape index (κ3) is 3.08. The topological polar surface area (TPSA) is 29.3 Å². The van der Waals surface area contributed by atoms with E-state index in [0.717, 1.165) is 13.1 Å². The Bertz CT molecular complexity index is 268. The monoisotopic (exact) mass is 212 g/mol. The fourth-order valence-electron chi connectivity index (χ4n) is 1.48. The number of rotatable bonds is 5. The molecule has 14 heavy (non-hydrogen) atoms. The molecule has 0 aliphatic heterocycles. The van der Waals surface area contributed by atoms with Crippen molar-refractivity contribution in [2.45, 2.75) is 39.9 Å². The molecule has 0 unspecified atom stereocenters. The SMILES string of the molecule is CCN(Cc1ccc(CN)s1)C(C)C. The lowest BCUT2D eigenvalue weighted by Gasteiger charge is -2.23. The molecule has 0 saturated heterocycles. The summed E-state index contributed by atoms with van der Waals surface area (Å²) >= 11 is 1.83. The van der Waals surface area contributed by atoms with Crippen LogP contribution < -0.4 is 5.73 Å². The van der Waals surface area contributed by atoms with E-state index in [1.807, 2.05) is 11.3 Å². The molecule has 1 aromatic heterocycles. The van der Waals surface area contributed by atoms with Gasteiger partial charge in [-0.3, -0.25) is 4.90 Å². The van der Waals surface area contributed by atoms with Gasteiger partial charge in [0, 0.05) is 28.9 Å². The van der Waals surface area contributed by atoms with Gasteiger partial charge in [-0.2, -0.15) is 0 Å². The van der Waals surface area contributed by atoms with Gasteiger partial charge in [-0.1, -0.05) is 6.92 Å². The maximum Gasteiger partial charge on any atom is 0.0330 e. The highest BCUT2D eigenvalue weighted by molar-refractivity contribution is 7.11. The standard InChI is InChI=1S/C11H20N2S/c1-4-13(9(2)3)8-11-6-5-10(7-12)14-11/h5-6,9H,4,7-8,12H2,1-3H3. The molecule has 1 aromatic rings. The summed E-state index contributed by atoms with van der Waals surface area (Å²) < 4.78 is 0. The van der Waals surface area contributed by atoms with Crippen LogP contribution >= 0.6 is 11.3 Å². The molecule has 0 atom stereocenters. The third-order valence-corrected chi connectivity index (χ3v) is 3.51. The molecule has 80 valence electrons. The Morgan fingerprint density at radius 1 is 1.36 bits per heavy atom. The van der Waals surface area contributed by atoms with Crippen molar-refractivity contribution in [1.82, 2.24) is 4.90 Å². The summed E-state index contributed by atoms with van der Waals surface area (Å²) in [5, 5.41) is 0. The van der Waals surface area contributed by atoms with Crippen molar-refractivity contribution >= 4 is 11.3 Å². The number of nitrogens with zero attached hydrogens (tertiary/aromatic N) is 1. The third-order valence-electron chi connectivity index (χ3n) is 2.41. The Balaban J connectivity index is 2.57. The Hall–Kier alpha value is -0.380. The lowest BCUT2D eigenvalue weighted by molar-refractivity contribution is 0.227. The second-order valence-corrected chi connectivity index (χ2v) is 4.98. The van der Waals surface area contributed by atoms with Crippen LogP contribution in [0.4, 0.5) is 0 Å². The van der Waals surface area contributed by atoms with E-state index in [0.29, 0.717) is 12.6 Å². The summed E-state index contributed by atoms with van der Waals surface area (Å²) in [6.45, 7) is 9.50. The highest BCUT2D eigenvalue weighted by atomic mass is 32.1. The molecule has 1 heterocycles. The second-order valence-electron chi connectivity index (χ2n) is 3.73. The fraction of sp³-hybridized carbons (Fsp3) is 0.636. The van der Waals surface area contributed by atoms with Gasteiger partial charge in [-0.15, -0.1) is 11.3 Å².